The van der Waals surface area contributed by atoms with E-state index in [0.29, 0.717) is 24.0 Å². The number of nitrogens with zero attached hydrogens (tertiary/aromatic N) is 3. The molecule has 2 heterocycles. The average Bonchev–Trinajstić information content (AvgIpc) is 2.72. The topological polar surface area (TPSA) is 46.8 Å². The van der Waals surface area contributed by atoms with Crippen LogP contribution in [-0.2, 0) is 6.18 Å². The van der Waals surface area contributed by atoms with E-state index in [9.17, 15) is 22.0 Å². The minimum atomic E-state index is -4.69. The van der Waals surface area contributed by atoms with E-state index in [-0.39, 0.29) is 29.9 Å². The van der Waals surface area contributed by atoms with E-state index < -0.39 is 23.4 Å². The quantitative estimate of drug-likeness (QED) is 0.522. The number of hydrogen-bond donors (Lipinski definition) is 0. The molecule has 0 N–H and O–H groups in total. The first-order chi connectivity index (χ1) is 14.8. The standard InChI is InChI=1S/C22H18F5N3O/c1-2-3-17(13-31-18-8-16(24)11-28-12-18)30-21-7-4-14(10-29-21)19-6-5-15(23)9-20(19)22(25,26)27/h3-6,8-12H,2,7,13H2,1H3/b17-3-,30-21?. The van der Waals surface area contributed by atoms with Crippen LogP contribution in [0, 0.1) is 11.6 Å². The van der Waals surface area contributed by atoms with Crippen molar-refractivity contribution in [2.75, 3.05) is 6.61 Å². The van der Waals surface area contributed by atoms with Crippen LogP contribution >= 0.6 is 0 Å². The molecule has 1 aliphatic rings. The summed E-state index contributed by atoms with van der Waals surface area (Å²) < 4.78 is 71.8. The zero-order valence-corrected chi connectivity index (χ0v) is 16.5. The molecule has 162 valence electrons. The molecule has 0 saturated heterocycles. The maximum Gasteiger partial charge on any atom is 0.417 e. The summed E-state index contributed by atoms with van der Waals surface area (Å²) in [5.41, 5.74) is -0.444. The summed E-state index contributed by atoms with van der Waals surface area (Å²) >= 11 is 0. The molecule has 0 fully saturated rings. The van der Waals surface area contributed by atoms with E-state index >= 15 is 0 Å². The molecular formula is C22H18F5N3O. The minimum Gasteiger partial charge on any atom is -0.486 e. The van der Waals surface area contributed by atoms with Gasteiger partial charge in [-0.2, -0.15) is 13.2 Å². The number of aliphatic imine (C=N–C) groups is 2. The second-order valence-corrected chi connectivity index (χ2v) is 6.57. The van der Waals surface area contributed by atoms with Crippen LogP contribution in [0.1, 0.15) is 30.9 Å². The van der Waals surface area contributed by atoms with Gasteiger partial charge >= 0.3 is 6.18 Å². The Morgan fingerprint density at radius 3 is 2.61 bits per heavy atom. The molecule has 0 saturated carbocycles. The van der Waals surface area contributed by atoms with Crippen molar-refractivity contribution in [1.29, 1.82) is 0 Å². The van der Waals surface area contributed by atoms with Crippen molar-refractivity contribution in [3.63, 3.8) is 0 Å². The van der Waals surface area contributed by atoms with Gasteiger partial charge in [-0.25, -0.2) is 18.8 Å². The maximum absolute atomic E-state index is 13.3. The molecule has 2 aromatic rings. The van der Waals surface area contributed by atoms with Gasteiger partial charge in [0.25, 0.3) is 0 Å². The molecule has 0 spiro atoms. The first-order valence-electron chi connectivity index (χ1n) is 9.37. The van der Waals surface area contributed by atoms with E-state index in [1.807, 2.05) is 6.92 Å². The highest BCUT2D eigenvalue weighted by Crippen LogP contribution is 2.35. The lowest BCUT2D eigenvalue weighted by atomic mass is 9.97. The fraction of sp³-hybridized carbons (Fsp3) is 0.227. The number of alkyl halides is 3. The number of halogens is 5. The molecule has 0 unspecified atom stereocenters. The molecule has 3 rings (SSSR count). The molecule has 0 amide bonds. The third-order valence-electron chi connectivity index (χ3n) is 4.23. The van der Waals surface area contributed by atoms with Crippen LogP contribution in [0.3, 0.4) is 0 Å². The van der Waals surface area contributed by atoms with Gasteiger partial charge in [0.2, 0.25) is 0 Å². The summed E-state index contributed by atoms with van der Waals surface area (Å²) in [6.45, 7) is 1.95. The van der Waals surface area contributed by atoms with Crippen molar-refractivity contribution in [3.8, 4) is 5.75 Å². The minimum absolute atomic E-state index is 0.0464. The number of rotatable bonds is 6. The molecule has 1 aromatic carbocycles. The Bertz CT molecular complexity index is 1070. The van der Waals surface area contributed by atoms with Crippen LogP contribution in [-0.4, -0.2) is 23.6 Å². The lowest BCUT2D eigenvalue weighted by molar-refractivity contribution is -0.137. The molecule has 4 nitrogen and oxygen atoms in total. The molecule has 1 aliphatic heterocycles. The van der Waals surface area contributed by atoms with Gasteiger partial charge in [0, 0.05) is 18.7 Å². The smallest absolute Gasteiger partial charge is 0.417 e. The number of benzene rings is 1. The zero-order chi connectivity index (χ0) is 22.4. The van der Waals surface area contributed by atoms with Crippen molar-refractivity contribution in [1.82, 2.24) is 4.98 Å². The van der Waals surface area contributed by atoms with Gasteiger partial charge in [0.15, 0.2) is 0 Å². The van der Waals surface area contributed by atoms with Gasteiger partial charge in [-0.1, -0.05) is 25.1 Å². The Morgan fingerprint density at radius 1 is 1.16 bits per heavy atom. The zero-order valence-electron chi connectivity index (χ0n) is 16.5. The van der Waals surface area contributed by atoms with Crippen molar-refractivity contribution in [3.05, 3.63) is 77.3 Å². The molecule has 1 aromatic heterocycles. The van der Waals surface area contributed by atoms with Crippen LogP contribution in [0.4, 0.5) is 22.0 Å². The number of ether oxygens (including phenoxy) is 1. The van der Waals surface area contributed by atoms with E-state index in [2.05, 4.69) is 15.0 Å². The SMILES string of the molecule is CC/C=C(/COc1cncc(F)c1)N=C1CC=C(c2ccc(F)cc2C(F)(F)F)C=N1. The first-order valence-corrected chi connectivity index (χ1v) is 9.37. The number of pyridine rings is 1. The van der Waals surface area contributed by atoms with Gasteiger partial charge in [0.1, 0.15) is 29.8 Å². The number of allylic oxidation sites excluding steroid dienone is 2. The molecule has 0 atom stereocenters. The van der Waals surface area contributed by atoms with E-state index in [0.717, 1.165) is 18.3 Å². The summed E-state index contributed by atoms with van der Waals surface area (Å²) in [6.07, 6.45) is 3.20. The van der Waals surface area contributed by atoms with E-state index in [1.165, 1.54) is 18.5 Å². The molecule has 0 aliphatic carbocycles. The van der Waals surface area contributed by atoms with Gasteiger partial charge in [0.05, 0.1) is 23.7 Å². The maximum atomic E-state index is 13.3. The monoisotopic (exact) mass is 435 g/mol. The molecule has 9 heteroatoms. The van der Waals surface area contributed by atoms with Crippen LogP contribution in [0.15, 0.2) is 64.5 Å². The second kappa shape index (κ2) is 9.63. The largest absolute Gasteiger partial charge is 0.486 e. The van der Waals surface area contributed by atoms with Gasteiger partial charge in [-0.3, -0.25) is 4.98 Å². The highest BCUT2D eigenvalue weighted by atomic mass is 19.4. The number of dihydropyridines is 1. The summed E-state index contributed by atoms with van der Waals surface area (Å²) in [7, 11) is 0. The molecular weight excluding hydrogens is 417 g/mol. The number of aromatic nitrogens is 1. The average molecular weight is 435 g/mol. The molecule has 0 radical (unpaired) electrons. The summed E-state index contributed by atoms with van der Waals surface area (Å²) in [5.74, 6) is -0.875. The van der Waals surface area contributed by atoms with Crippen LogP contribution in [0.2, 0.25) is 0 Å². The Morgan fingerprint density at radius 2 is 1.97 bits per heavy atom. The lowest BCUT2D eigenvalue weighted by Gasteiger charge is -2.15. The number of amidine groups is 1. The lowest BCUT2D eigenvalue weighted by Crippen LogP contribution is -2.11. The molecule has 31 heavy (non-hydrogen) atoms. The van der Waals surface area contributed by atoms with E-state index in [4.69, 9.17) is 4.74 Å². The third kappa shape index (κ3) is 6.07. The Balaban J connectivity index is 1.75. The third-order valence-corrected chi connectivity index (χ3v) is 4.23. The van der Waals surface area contributed by atoms with Crippen molar-refractivity contribution < 1.29 is 26.7 Å². The summed E-state index contributed by atoms with van der Waals surface area (Å²) in [5, 5.41) is 0. The summed E-state index contributed by atoms with van der Waals surface area (Å²) in [4.78, 5) is 12.2. The fourth-order valence-corrected chi connectivity index (χ4v) is 2.87. The van der Waals surface area contributed by atoms with Crippen molar-refractivity contribution in [2.45, 2.75) is 25.9 Å². The Kier molecular flexibility index (Phi) is 6.94. The normalized spacial score (nSPS) is 15.9. The highest BCUT2D eigenvalue weighted by molar-refractivity contribution is 6.17. The van der Waals surface area contributed by atoms with Crippen LogP contribution in [0.5, 0.6) is 5.75 Å². The van der Waals surface area contributed by atoms with Gasteiger partial charge in [-0.05, 0) is 29.7 Å². The Hall–Kier alpha value is -3.36. The predicted octanol–water partition coefficient (Wildman–Crippen LogP) is 6.01. The fourth-order valence-electron chi connectivity index (χ4n) is 2.87. The molecule has 0 bridgehead atoms. The van der Waals surface area contributed by atoms with Crippen molar-refractivity contribution >= 4 is 17.6 Å². The van der Waals surface area contributed by atoms with Gasteiger partial charge < -0.3 is 4.74 Å². The van der Waals surface area contributed by atoms with Crippen LogP contribution in [0.25, 0.3) is 5.57 Å². The predicted molar refractivity (Wildman–Crippen MR) is 108 cm³/mol. The second-order valence-electron chi connectivity index (χ2n) is 6.57. The van der Waals surface area contributed by atoms with E-state index in [1.54, 1.807) is 12.2 Å². The van der Waals surface area contributed by atoms with Gasteiger partial charge in [-0.15, -0.1) is 0 Å². The number of hydrogen-bond acceptors (Lipinski definition) is 3. The first kappa shape index (κ1) is 22.3. The van der Waals surface area contributed by atoms with Crippen molar-refractivity contribution in [2.24, 2.45) is 9.98 Å². The van der Waals surface area contributed by atoms with Crippen LogP contribution < -0.4 is 4.74 Å². The summed E-state index contributed by atoms with van der Waals surface area (Å²) in [6, 6.07) is 3.72. The Labute approximate surface area is 175 Å². The highest BCUT2D eigenvalue weighted by Gasteiger charge is 2.34.